The molecule has 1 saturated carbocycles. The molecule has 172 valence electrons. The molecule has 3 aliphatic rings. The van der Waals surface area contributed by atoms with E-state index in [-0.39, 0.29) is 17.4 Å². The third-order valence-electron chi connectivity index (χ3n) is 8.72. The van der Waals surface area contributed by atoms with E-state index in [9.17, 15) is 4.79 Å². The van der Waals surface area contributed by atoms with Gasteiger partial charge >= 0.3 is 0 Å². The molecule has 1 N–H and O–H groups in total. The van der Waals surface area contributed by atoms with Crippen LogP contribution in [0.1, 0.15) is 50.4 Å². The maximum Gasteiger partial charge on any atom is 0.243 e. The van der Waals surface area contributed by atoms with E-state index in [1.165, 1.54) is 24.8 Å². The van der Waals surface area contributed by atoms with Gasteiger partial charge in [-0.25, -0.2) is 4.98 Å². The van der Waals surface area contributed by atoms with Gasteiger partial charge in [0, 0.05) is 29.6 Å². The Bertz CT molecular complexity index is 1170. The van der Waals surface area contributed by atoms with Crippen LogP contribution in [0, 0.1) is 12.3 Å². The predicted molar refractivity (Wildman–Crippen MR) is 131 cm³/mol. The zero-order chi connectivity index (χ0) is 22.6. The van der Waals surface area contributed by atoms with Crippen LogP contribution in [0.3, 0.4) is 0 Å². The first-order valence-electron chi connectivity index (χ1n) is 12.6. The molecule has 0 unspecified atom stereocenters. The molecule has 3 aromatic rings. The zero-order valence-electron chi connectivity index (χ0n) is 19.7. The number of amides is 1. The number of carbonyl (C=O) groups excluding carboxylic acids is 1. The summed E-state index contributed by atoms with van der Waals surface area (Å²) in [5.41, 5.74) is 3.53. The largest absolute Gasteiger partial charge is 0.333 e. The molecule has 5 nitrogen and oxygen atoms in total. The van der Waals surface area contributed by atoms with E-state index in [1.807, 2.05) is 25.1 Å². The lowest BCUT2D eigenvalue weighted by molar-refractivity contribution is -0.135. The number of rotatable bonds is 4. The highest BCUT2D eigenvalue weighted by molar-refractivity contribution is 5.82. The fourth-order valence-corrected chi connectivity index (χ4v) is 7.11. The quantitative estimate of drug-likeness (QED) is 0.648. The van der Waals surface area contributed by atoms with Crippen molar-refractivity contribution in [2.75, 3.05) is 0 Å². The Hall–Kier alpha value is -2.66. The van der Waals surface area contributed by atoms with Gasteiger partial charge in [-0.3, -0.25) is 4.79 Å². The van der Waals surface area contributed by atoms with Crippen molar-refractivity contribution in [2.24, 2.45) is 5.41 Å². The Labute approximate surface area is 196 Å². The summed E-state index contributed by atoms with van der Waals surface area (Å²) in [6, 6.07) is 20.3. The molecule has 3 fully saturated rings. The predicted octanol–water partition coefficient (Wildman–Crippen LogP) is 4.48. The van der Waals surface area contributed by atoms with Crippen molar-refractivity contribution < 1.29 is 4.79 Å². The maximum absolute atomic E-state index is 14.1. The molecule has 33 heavy (non-hydrogen) atoms. The molecule has 0 spiro atoms. The minimum atomic E-state index is 0.163. The average Bonchev–Trinajstić information content (AvgIpc) is 3.20. The third-order valence-corrected chi connectivity index (χ3v) is 8.72. The number of carbonyl (C=O) groups is 1. The highest BCUT2D eigenvalue weighted by Gasteiger charge is 2.60. The molecule has 3 heterocycles. The van der Waals surface area contributed by atoms with Gasteiger partial charge in [-0.2, -0.15) is 0 Å². The molecular formula is C28H34N4O. The average molecular weight is 443 g/mol. The van der Waals surface area contributed by atoms with Crippen LogP contribution in [0.15, 0.2) is 54.6 Å². The van der Waals surface area contributed by atoms with Crippen LogP contribution >= 0.6 is 0 Å². The maximum atomic E-state index is 14.1. The molecule has 0 radical (unpaired) electrons. The normalized spacial score (nSPS) is 31.0. The minimum absolute atomic E-state index is 0.163. The second kappa shape index (κ2) is 7.98. The number of nitrogens with one attached hydrogen (secondary N) is 1. The number of hydrogen-bond acceptors (Lipinski definition) is 3. The number of aromatic nitrogens is 2. The summed E-state index contributed by atoms with van der Waals surface area (Å²) >= 11 is 0. The van der Waals surface area contributed by atoms with Crippen molar-refractivity contribution in [3.8, 4) is 0 Å². The van der Waals surface area contributed by atoms with E-state index in [0.29, 0.717) is 24.7 Å². The Morgan fingerprint density at radius 1 is 1.09 bits per heavy atom. The number of benzene rings is 2. The van der Waals surface area contributed by atoms with Crippen LogP contribution in [0.2, 0.25) is 0 Å². The highest BCUT2D eigenvalue weighted by Crippen LogP contribution is 2.52. The van der Waals surface area contributed by atoms with Crippen molar-refractivity contribution >= 4 is 16.9 Å². The number of aryl methyl sites for hydroxylation is 1. The van der Waals surface area contributed by atoms with Crippen molar-refractivity contribution in [3.63, 3.8) is 0 Å². The van der Waals surface area contributed by atoms with Crippen LogP contribution in [0.5, 0.6) is 0 Å². The van der Waals surface area contributed by atoms with Crippen LogP contribution in [-0.2, 0) is 17.8 Å². The molecule has 2 aliphatic heterocycles. The van der Waals surface area contributed by atoms with Crippen molar-refractivity contribution in [1.29, 1.82) is 0 Å². The molecule has 2 saturated heterocycles. The topological polar surface area (TPSA) is 50.2 Å². The van der Waals surface area contributed by atoms with Crippen LogP contribution in [0.4, 0.5) is 0 Å². The van der Waals surface area contributed by atoms with Crippen LogP contribution in [0.25, 0.3) is 11.0 Å². The second-order valence-corrected chi connectivity index (χ2v) is 10.6. The summed E-state index contributed by atoms with van der Waals surface area (Å²) in [7, 11) is 0. The summed E-state index contributed by atoms with van der Waals surface area (Å²) in [6.45, 7) is 4.83. The van der Waals surface area contributed by atoms with Gasteiger partial charge in [0.1, 0.15) is 12.4 Å². The van der Waals surface area contributed by atoms with Gasteiger partial charge in [0.2, 0.25) is 5.91 Å². The third kappa shape index (κ3) is 3.40. The van der Waals surface area contributed by atoms with E-state index in [0.717, 1.165) is 36.1 Å². The van der Waals surface area contributed by atoms with Crippen molar-refractivity contribution in [3.05, 3.63) is 66.0 Å². The number of hydrogen-bond donors (Lipinski definition) is 1. The Balaban J connectivity index is 1.35. The first-order chi connectivity index (χ1) is 16.0. The molecule has 6 rings (SSSR count). The molecule has 2 aromatic carbocycles. The molecule has 1 aromatic heterocycles. The van der Waals surface area contributed by atoms with E-state index >= 15 is 0 Å². The second-order valence-electron chi connectivity index (χ2n) is 10.6. The SMILES string of the molecule is Cc1nc2ccccc2n1CC(=O)N1[C@H]2CCCC[C@H]3N[C@H](Cc4ccccc4)[C@@H]1C[C@@]23C. The van der Waals surface area contributed by atoms with Gasteiger partial charge < -0.3 is 14.8 Å². The van der Waals surface area contributed by atoms with Crippen molar-refractivity contribution in [2.45, 2.75) is 83.1 Å². The van der Waals surface area contributed by atoms with Gasteiger partial charge in [-0.15, -0.1) is 0 Å². The molecule has 2 bridgehead atoms. The summed E-state index contributed by atoms with van der Waals surface area (Å²) < 4.78 is 2.11. The molecular weight excluding hydrogens is 408 g/mol. The Kier molecular flexibility index (Phi) is 5.06. The standard InChI is InChI=1S/C28H34N4O/c1-19-29-21-12-6-7-13-23(21)31(19)18-27(33)32-24-17-28(2)25(14-8-9-15-26(28)32)30-22(24)16-20-10-4-3-5-11-20/h3-7,10-13,22,24-26,30H,8-9,14-18H2,1-2H3/t22-,24+,25-,26+,28-/m1/s1. The Morgan fingerprint density at radius 2 is 1.85 bits per heavy atom. The number of para-hydroxylation sites is 2. The summed E-state index contributed by atoms with van der Waals surface area (Å²) in [5.74, 6) is 1.16. The summed E-state index contributed by atoms with van der Waals surface area (Å²) in [6.07, 6.45) is 6.89. The van der Waals surface area contributed by atoms with Gasteiger partial charge in [-0.05, 0) is 50.3 Å². The number of likely N-dealkylation sites (tertiary alicyclic amines) is 1. The van der Waals surface area contributed by atoms with E-state index in [2.05, 4.69) is 58.1 Å². The number of imidazole rings is 1. The van der Waals surface area contributed by atoms with Crippen molar-refractivity contribution in [1.82, 2.24) is 19.8 Å². The monoisotopic (exact) mass is 442 g/mol. The summed E-state index contributed by atoms with van der Waals surface area (Å²) in [4.78, 5) is 21.1. The van der Waals surface area contributed by atoms with E-state index in [1.54, 1.807) is 0 Å². The first kappa shape index (κ1) is 20.9. The van der Waals surface area contributed by atoms with Crippen LogP contribution in [-0.4, -0.2) is 44.5 Å². The fraction of sp³-hybridized carbons (Fsp3) is 0.500. The molecule has 5 atom stereocenters. The van der Waals surface area contributed by atoms with E-state index < -0.39 is 0 Å². The Morgan fingerprint density at radius 3 is 2.70 bits per heavy atom. The molecule has 5 heteroatoms. The number of fused-ring (bicyclic) bond motifs is 2. The van der Waals surface area contributed by atoms with Gasteiger partial charge in [0.05, 0.1) is 11.0 Å². The number of nitrogens with zero attached hydrogens (tertiary/aromatic N) is 3. The van der Waals surface area contributed by atoms with Gasteiger partial charge in [-0.1, -0.05) is 62.2 Å². The van der Waals surface area contributed by atoms with Gasteiger partial charge in [0.25, 0.3) is 0 Å². The lowest BCUT2D eigenvalue weighted by Crippen LogP contribution is -2.57. The van der Waals surface area contributed by atoms with Gasteiger partial charge in [0.15, 0.2) is 0 Å². The lowest BCUT2D eigenvalue weighted by atomic mass is 9.70. The zero-order valence-corrected chi connectivity index (χ0v) is 19.7. The number of piperidine rings is 1. The summed E-state index contributed by atoms with van der Waals surface area (Å²) in [5, 5.41) is 4.05. The molecule has 1 amide bonds. The van der Waals surface area contributed by atoms with E-state index in [4.69, 9.17) is 4.98 Å². The smallest absolute Gasteiger partial charge is 0.243 e. The lowest BCUT2D eigenvalue weighted by Gasteiger charge is -2.43. The minimum Gasteiger partial charge on any atom is -0.333 e. The van der Waals surface area contributed by atoms with Crippen LogP contribution < -0.4 is 5.32 Å². The first-order valence-corrected chi connectivity index (χ1v) is 12.6. The fourth-order valence-electron chi connectivity index (χ4n) is 7.11. The molecule has 1 aliphatic carbocycles. The highest BCUT2D eigenvalue weighted by atomic mass is 16.2.